The van der Waals surface area contributed by atoms with Gasteiger partial charge in [-0.3, -0.25) is 4.79 Å². The molecule has 0 aliphatic carbocycles. The molecule has 0 spiro atoms. The van der Waals surface area contributed by atoms with Crippen LogP contribution in [0.2, 0.25) is 5.15 Å². The summed E-state index contributed by atoms with van der Waals surface area (Å²) in [6, 6.07) is 1.96. The van der Waals surface area contributed by atoms with Gasteiger partial charge in [-0.15, -0.1) is 0 Å². The summed E-state index contributed by atoms with van der Waals surface area (Å²) < 4.78 is 61.6. The zero-order valence-corrected chi connectivity index (χ0v) is 16.6. The van der Waals surface area contributed by atoms with Crippen molar-refractivity contribution in [2.75, 3.05) is 5.32 Å². The number of benzene rings is 1. The summed E-state index contributed by atoms with van der Waals surface area (Å²) in [5, 5.41) is 6.53. The van der Waals surface area contributed by atoms with E-state index in [-0.39, 0.29) is 11.3 Å². The van der Waals surface area contributed by atoms with Crippen molar-refractivity contribution < 1.29 is 26.4 Å². The standard InChI is InChI=1S/C12H7ClF3N3O3S.2C2H6/c13-11-9(23(17,21)22)1-5(4-18-11)12(20)19-6-2-7(14)10(16)8(15)3-6;2*1-2/h1-4H,(H,19,20)(H2,17,21,22);2*1-2H3. The van der Waals surface area contributed by atoms with Crippen molar-refractivity contribution in [2.24, 2.45) is 5.14 Å². The Bertz CT molecular complexity index is 886. The lowest BCUT2D eigenvalue weighted by Crippen LogP contribution is -2.17. The molecular formula is C16H19ClF3N3O3S. The second-order valence-electron chi connectivity index (χ2n) is 4.27. The van der Waals surface area contributed by atoms with E-state index >= 15 is 0 Å². The van der Waals surface area contributed by atoms with Crippen LogP contribution in [-0.2, 0) is 10.0 Å². The molecule has 0 saturated carbocycles. The number of hydrogen-bond donors (Lipinski definition) is 2. The molecule has 2 rings (SSSR count). The zero-order valence-electron chi connectivity index (χ0n) is 15.0. The molecule has 0 radical (unpaired) electrons. The van der Waals surface area contributed by atoms with Crippen LogP contribution in [0.1, 0.15) is 38.1 Å². The fraction of sp³-hybridized carbons (Fsp3) is 0.250. The number of pyridine rings is 1. The molecule has 150 valence electrons. The lowest BCUT2D eigenvalue weighted by atomic mass is 10.2. The predicted molar refractivity (Wildman–Crippen MR) is 97.6 cm³/mol. The molecule has 3 N–H and O–H groups in total. The number of nitrogens with one attached hydrogen (secondary N) is 1. The van der Waals surface area contributed by atoms with Crippen LogP contribution in [0, 0.1) is 17.5 Å². The van der Waals surface area contributed by atoms with E-state index < -0.39 is 43.4 Å². The fourth-order valence-electron chi connectivity index (χ4n) is 1.58. The maximum Gasteiger partial charge on any atom is 0.257 e. The lowest BCUT2D eigenvalue weighted by Gasteiger charge is -2.08. The summed E-state index contributed by atoms with van der Waals surface area (Å²) in [5.74, 6) is -5.64. The minimum Gasteiger partial charge on any atom is -0.322 e. The fourth-order valence-corrected chi connectivity index (χ4v) is 2.59. The van der Waals surface area contributed by atoms with Gasteiger partial charge in [0, 0.05) is 24.0 Å². The third kappa shape index (κ3) is 6.81. The molecule has 1 aromatic carbocycles. The van der Waals surface area contributed by atoms with Gasteiger partial charge < -0.3 is 5.32 Å². The van der Waals surface area contributed by atoms with Gasteiger partial charge in [-0.2, -0.15) is 0 Å². The normalized spacial score (nSPS) is 10.1. The second kappa shape index (κ2) is 10.9. The van der Waals surface area contributed by atoms with Gasteiger partial charge >= 0.3 is 0 Å². The number of amides is 1. The molecule has 0 fully saturated rings. The van der Waals surface area contributed by atoms with Gasteiger partial charge in [-0.1, -0.05) is 39.3 Å². The highest BCUT2D eigenvalue weighted by atomic mass is 35.5. The number of carbonyl (C=O) groups is 1. The first kappa shape index (κ1) is 24.8. The van der Waals surface area contributed by atoms with Gasteiger partial charge in [0.05, 0.1) is 5.56 Å². The first-order valence-electron chi connectivity index (χ1n) is 7.74. The maximum absolute atomic E-state index is 13.1. The van der Waals surface area contributed by atoms with E-state index in [1.165, 1.54) is 0 Å². The summed E-state index contributed by atoms with van der Waals surface area (Å²) in [6.45, 7) is 8.00. The number of aromatic nitrogens is 1. The molecule has 1 amide bonds. The van der Waals surface area contributed by atoms with Crippen molar-refractivity contribution in [1.29, 1.82) is 0 Å². The van der Waals surface area contributed by atoms with Gasteiger partial charge in [-0.05, 0) is 6.07 Å². The van der Waals surface area contributed by atoms with E-state index in [1.54, 1.807) is 0 Å². The van der Waals surface area contributed by atoms with Crippen molar-refractivity contribution in [3.8, 4) is 0 Å². The minimum atomic E-state index is -4.23. The quantitative estimate of drug-likeness (QED) is 0.570. The van der Waals surface area contributed by atoms with Crippen molar-refractivity contribution in [3.05, 3.63) is 52.6 Å². The van der Waals surface area contributed by atoms with Crippen LogP contribution in [-0.4, -0.2) is 19.3 Å². The van der Waals surface area contributed by atoms with E-state index in [1.807, 2.05) is 27.7 Å². The van der Waals surface area contributed by atoms with Crippen molar-refractivity contribution in [2.45, 2.75) is 32.6 Å². The maximum atomic E-state index is 13.1. The zero-order chi connectivity index (χ0) is 21.4. The molecule has 0 saturated heterocycles. The Hall–Kier alpha value is -2.17. The molecule has 6 nitrogen and oxygen atoms in total. The number of anilines is 1. The highest BCUT2D eigenvalue weighted by Gasteiger charge is 2.18. The van der Waals surface area contributed by atoms with E-state index in [2.05, 4.69) is 10.3 Å². The van der Waals surface area contributed by atoms with Crippen LogP contribution in [0.15, 0.2) is 29.3 Å². The Morgan fingerprint density at radius 3 is 2.00 bits per heavy atom. The summed E-state index contributed by atoms with van der Waals surface area (Å²) in [7, 11) is -4.23. The molecule has 0 unspecified atom stereocenters. The summed E-state index contributed by atoms with van der Waals surface area (Å²) in [6.07, 6.45) is 0.933. The Balaban J connectivity index is 0.00000158. The number of rotatable bonds is 3. The Morgan fingerprint density at radius 1 is 1.07 bits per heavy atom. The number of sulfonamides is 1. The number of hydrogen-bond acceptors (Lipinski definition) is 4. The van der Waals surface area contributed by atoms with E-state index in [0.29, 0.717) is 12.1 Å². The largest absolute Gasteiger partial charge is 0.322 e. The minimum absolute atomic E-state index is 0.288. The highest BCUT2D eigenvalue weighted by Crippen LogP contribution is 2.21. The van der Waals surface area contributed by atoms with Crippen LogP contribution in [0.5, 0.6) is 0 Å². The third-order valence-corrected chi connectivity index (χ3v) is 3.95. The summed E-state index contributed by atoms with van der Waals surface area (Å²) >= 11 is 5.56. The molecule has 1 heterocycles. The molecule has 0 atom stereocenters. The number of primary sulfonamides is 1. The molecule has 11 heteroatoms. The molecule has 1 aromatic heterocycles. The molecule has 0 aliphatic rings. The van der Waals surface area contributed by atoms with Crippen molar-refractivity contribution in [1.82, 2.24) is 4.98 Å². The molecular weight excluding hydrogens is 407 g/mol. The molecule has 0 aliphatic heterocycles. The second-order valence-corrected chi connectivity index (χ2v) is 6.15. The van der Waals surface area contributed by atoms with Crippen LogP contribution in [0.4, 0.5) is 18.9 Å². The molecule has 0 bridgehead atoms. The van der Waals surface area contributed by atoms with Crippen molar-refractivity contribution in [3.63, 3.8) is 0 Å². The van der Waals surface area contributed by atoms with Gasteiger partial charge in [0.1, 0.15) is 10.0 Å². The number of halogens is 4. The van der Waals surface area contributed by atoms with Crippen molar-refractivity contribution >= 4 is 33.2 Å². The Labute approximate surface area is 160 Å². The Morgan fingerprint density at radius 2 is 1.56 bits per heavy atom. The summed E-state index contributed by atoms with van der Waals surface area (Å²) in [5.41, 5.74) is -0.665. The van der Waals surface area contributed by atoms with E-state index in [0.717, 1.165) is 12.3 Å². The van der Waals surface area contributed by atoms with E-state index in [4.69, 9.17) is 16.7 Å². The lowest BCUT2D eigenvalue weighted by molar-refractivity contribution is 0.102. The summed E-state index contributed by atoms with van der Waals surface area (Å²) in [4.78, 5) is 14.8. The van der Waals surface area contributed by atoms with Crippen LogP contribution in [0.25, 0.3) is 0 Å². The van der Waals surface area contributed by atoms with Crippen LogP contribution >= 0.6 is 11.6 Å². The van der Waals surface area contributed by atoms with Crippen LogP contribution in [0.3, 0.4) is 0 Å². The number of nitrogens with zero attached hydrogens (tertiary/aromatic N) is 1. The van der Waals surface area contributed by atoms with Gasteiger partial charge in [0.25, 0.3) is 5.91 Å². The van der Waals surface area contributed by atoms with Gasteiger partial charge in [0.15, 0.2) is 17.5 Å². The Kier molecular flexibility index (Phi) is 9.98. The van der Waals surface area contributed by atoms with Crippen LogP contribution < -0.4 is 10.5 Å². The molecule has 2 aromatic rings. The number of carbonyl (C=O) groups excluding carboxylic acids is 1. The SMILES string of the molecule is CC.CC.NS(=O)(=O)c1cc(C(=O)Nc2cc(F)c(F)c(F)c2)cnc1Cl. The highest BCUT2D eigenvalue weighted by molar-refractivity contribution is 7.89. The van der Waals surface area contributed by atoms with E-state index in [9.17, 15) is 26.4 Å². The smallest absolute Gasteiger partial charge is 0.257 e. The molecule has 27 heavy (non-hydrogen) atoms. The average Bonchev–Trinajstić information content (AvgIpc) is 2.62. The first-order valence-corrected chi connectivity index (χ1v) is 9.66. The monoisotopic (exact) mass is 425 g/mol. The van der Waals surface area contributed by atoms with Gasteiger partial charge in [0.2, 0.25) is 10.0 Å². The average molecular weight is 426 g/mol. The topological polar surface area (TPSA) is 102 Å². The van der Waals surface area contributed by atoms with Gasteiger partial charge in [-0.25, -0.2) is 31.7 Å². The third-order valence-electron chi connectivity index (χ3n) is 2.62. The number of nitrogens with two attached hydrogens (primary N) is 1. The predicted octanol–water partition coefficient (Wildman–Crippen LogP) is 4.10. The first-order chi connectivity index (χ1) is 12.6.